The molecule has 0 saturated heterocycles. The summed E-state index contributed by atoms with van der Waals surface area (Å²) in [5.41, 5.74) is 9.73. The summed E-state index contributed by atoms with van der Waals surface area (Å²) in [7, 11) is 0. The quantitative estimate of drug-likeness (QED) is 0.110. The monoisotopic (exact) mass is 951 g/mol. The summed E-state index contributed by atoms with van der Waals surface area (Å²) in [4.78, 5) is 18.4. The molecular weight excluding hydrogens is 884 g/mol. The van der Waals surface area contributed by atoms with E-state index in [2.05, 4.69) is 103 Å². The Balaban J connectivity index is 0.000000440. The fourth-order valence-corrected chi connectivity index (χ4v) is 6.42. The van der Waals surface area contributed by atoms with Gasteiger partial charge in [0.2, 0.25) is 0 Å². The smallest absolute Gasteiger partial charge is 0.124 e. The van der Waals surface area contributed by atoms with E-state index in [-0.39, 0.29) is 72.4 Å². The van der Waals surface area contributed by atoms with Gasteiger partial charge in [0, 0.05) is 63.9 Å². The molecule has 6 rings (SSSR count). The summed E-state index contributed by atoms with van der Waals surface area (Å²) in [6.07, 6.45) is 6.65. The van der Waals surface area contributed by atoms with E-state index in [4.69, 9.17) is 0 Å². The molecule has 10 nitrogen and oxygen atoms in total. The van der Waals surface area contributed by atoms with Crippen molar-refractivity contribution in [3.8, 4) is 23.0 Å². The molecule has 8 N–H and O–H groups in total. The summed E-state index contributed by atoms with van der Waals surface area (Å²) in [6.45, 7) is 25.6. The molecule has 0 fully saturated rings. The van der Waals surface area contributed by atoms with Crippen LogP contribution in [-0.2, 0) is 38.4 Å². The fraction of sp³-hybridized carbons (Fsp3) is 0.286. The molecule has 0 unspecified atom stereocenters. The van der Waals surface area contributed by atoms with E-state index >= 15 is 0 Å². The van der Waals surface area contributed by atoms with Crippen molar-refractivity contribution in [1.29, 1.82) is 0 Å². The van der Waals surface area contributed by atoms with Gasteiger partial charge in [-0.2, -0.15) is 0 Å². The zero-order valence-electron chi connectivity index (χ0n) is 40.8. The van der Waals surface area contributed by atoms with E-state index in [1.807, 2.05) is 97.1 Å². The van der Waals surface area contributed by atoms with Crippen molar-refractivity contribution >= 4 is 47.6 Å². The largest absolute Gasteiger partial charge is 0.507 e. The van der Waals surface area contributed by atoms with Crippen molar-refractivity contribution in [2.24, 2.45) is 20.0 Å². The molecule has 11 heteroatoms. The third kappa shape index (κ3) is 15.9. The third-order valence-electron chi connectivity index (χ3n) is 10.7. The molecule has 0 spiro atoms. The molecule has 0 heterocycles. The average Bonchev–Trinajstić information content (AvgIpc) is 3.21. The van der Waals surface area contributed by atoms with E-state index in [0.717, 1.165) is 22.3 Å². The van der Waals surface area contributed by atoms with E-state index < -0.39 is 0 Å². The second-order valence-corrected chi connectivity index (χ2v) is 20.1. The third-order valence-corrected chi connectivity index (χ3v) is 10.7. The second-order valence-electron chi connectivity index (χ2n) is 20.1. The van der Waals surface area contributed by atoms with Crippen LogP contribution in [0.4, 0.5) is 22.7 Å². The summed E-state index contributed by atoms with van der Waals surface area (Å²) < 4.78 is 0. The van der Waals surface area contributed by atoms with Gasteiger partial charge in [0.05, 0.1) is 22.7 Å². The number of hydrogen-bond donors (Lipinski definition) is 4. The van der Waals surface area contributed by atoms with Gasteiger partial charge >= 0.3 is 0 Å². The Morgan fingerprint density at radius 3 is 0.657 bits per heavy atom. The average molecular weight is 952 g/mol. The number of rotatable bonds is 8. The summed E-state index contributed by atoms with van der Waals surface area (Å²) in [5, 5.41) is 41.1. The predicted molar refractivity (Wildman–Crippen MR) is 276 cm³/mol. The predicted octanol–water partition coefficient (Wildman–Crippen LogP) is 12.7. The molecule has 1 radical (unpaired) electrons. The van der Waals surface area contributed by atoms with Crippen molar-refractivity contribution in [2.75, 3.05) is 0 Å². The zero-order chi connectivity index (χ0) is 47.0. The first-order chi connectivity index (χ1) is 29.9. The first kappa shape index (κ1) is 56.8. The minimum absolute atomic E-state index is 0. The molecule has 67 heavy (non-hydrogen) atoms. The van der Waals surface area contributed by atoms with Crippen molar-refractivity contribution in [1.82, 2.24) is 0 Å². The van der Waals surface area contributed by atoms with Gasteiger partial charge in [-0.1, -0.05) is 132 Å². The Bertz CT molecular complexity index is 2340. The Morgan fingerprint density at radius 1 is 0.313 bits per heavy atom. The minimum Gasteiger partial charge on any atom is -0.507 e. The molecule has 6 aromatic rings. The van der Waals surface area contributed by atoms with Crippen LogP contribution >= 0.6 is 0 Å². The number of nitrogens with zero attached hydrogens (tertiary/aromatic N) is 4. The van der Waals surface area contributed by atoms with Gasteiger partial charge in [-0.15, -0.1) is 0 Å². The van der Waals surface area contributed by atoms with E-state index in [9.17, 15) is 20.4 Å². The molecule has 6 aromatic carbocycles. The van der Waals surface area contributed by atoms with E-state index in [1.165, 1.54) is 0 Å². The maximum absolute atomic E-state index is 10.3. The van der Waals surface area contributed by atoms with Crippen molar-refractivity contribution in [3.63, 3.8) is 0 Å². The molecule has 357 valence electrons. The molecular formula is C56H68CoN4O6. The van der Waals surface area contributed by atoms with Crippen molar-refractivity contribution < 1.29 is 48.2 Å². The van der Waals surface area contributed by atoms with E-state index in [1.54, 1.807) is 49.1 Å². The van der Waals surface area contributed by atoms with Crippen LogP contribution in [0.1, 0.15) is 128 Å². The number of phenolic OH excluding ortho intramolecular Hbond substituents is 4. The maximum Gasteiger partial charge on any atom is 0.124 e. The van der Waals surface area contributed by atoms with Crippen LogP contribution in [0.2, 0.25) is 0 Å². The molecule has 0 bridgehead atoms. The minimum atomic E-state index is -0.0257. The molecule has 0 aliphatic carbocycles. The SMILES string of the molecule is CC(C)(C)c1ccc(O)c(C=Nc2ccccc2N=Cc2cc(C(C)(C)C)ccc2O)c1.CC(C)(C)c1ccc(O)c(C=Nc2ccccc2N=Cc2cc(C(C)(C)C)ccc2O)c1.O.O.[Co]. The molecule has 0 atom stereocenters. The Hall–Kier alpha value is -6.37. The fourth-order valence-electron chi connectivity index (χ4n) is 6.42. The van der Waals surface area contributed by atoms with E-state index in [0.29, 0.717) is 45.0 Å². The normalized spacial score (nSPS) is 12.1. The Labute approximate surface area is 407 Å². The zero-order valence-corrected chi connectivity index (χ0v) is 41.8. The van der Waals surface area contributed by atoms with Gasteiger partial charge in [-0.05, 0) is 117 Å². The van der Waals surface area contributed by atoms with Gasteiger partial charge in [0.1, 0.15) is 23.0 Å². The van der Waals surface area contributed by atoms with Gasteiger partial charge in [0.15, 0.2) is 0 Å². The van der Waals surface area contributed by atoms with Crippen molar-refractivity contribution in [3.05, 3.63) is 166 Å². The Morgan fingerprint density at radius 2 is 0.493 bits per heavy atom. The first-order valence-electron chi connectivity index (χ1n) is 21.6. The number of hydrogen-bond acceptors (Lipinski definition) is 8. The topological polar surface area (TPSA) is 193 Å². The molecule has 0 aromatic heterocycles. The number of phenols is 4. The van der Waals surface area contributed by atoms with Gasteiger partial charge in [-0.25, -0.2) is 0 Å². The van der Waals surface area contributed by atoms with Crippen molar-refractivity contribution in [2.45, 2.75) is 105 Å². The molecule has 0 saturated carbocycles. The summed E-state index contributed by atoms with van der Waals surface area (Å²) >= 11 is 0. The van der Waals surface area contributed by atoms with Gasteiger partial charge < -0.3 is 31.4 Å². The van der Waals surface area contributed by atoms with Crippen LogP contribution < -0.4 is 0 Å². The molecule has 0 aliphatic heterocycles. The van der Waals surface area contributed by atoms with Crippen LogP contribution in [0.15, 0.2) is 141 Å². The number of para-hydroxylation sites is 4. The maximum atomic E-state index is 10.3. The summed E-state index contributed by atoms with van der Waals surface area (Å²) in [6, 6.07) is 37.5. The van der Waals surface area contributed by atoms with Gasteiger partial charge in [-0.3, -0.25) is 20.0 Å². The molecule has 0 amide bonds. The Kier molecular flexibility index (Phi) is 19.8. The number of aliphatic imine (C=N–C) groups is 4. The van der Waals surface area contributed by atoms with Crippen LogP contribution in [0.25, 0.3) is 0 Å². The number of aromatic hydroxyl groups is 4. The van der Waals surface area contributed by atoms with Crippen LogP contribution in [-0.4, -0.2) is 56.2 Å². The molecule has 0 aliphatic rings. The number of benzene rings is 6. The second kappa shape index (κ2) is 23.4. The van der Waals surface area contributed by atoms with Crippen LogP contribution in [0, 0.1) is 0 Å². The van der Waals surface area contributed by atoms with Gasteiger partial charge in [0.25, 0.3) is 0 Å². The first-order valence-corrected chi connectivity index (χ1v) is 21.6. The summed E-state index contributed by atoms with van der Waals surface area (Å²) in [5.74, 6) is 0.747. The van der Waals surface area contributed by atoms with Crippen LogP contribution in [0.5, 0.6) is 23.0 Å². The standard InChI is InChI=1S/2C28H32N2O2.Co.2H2O/c2*1-27(2,3)21-11-13-25(31)19(15-21)17-29-23-9-7-8-10-24(23)30-18-20-16-22(28(4,5)6)12-14-26(20)32;;;/h2*7-18,31-32H,1-6H3;;2*1H2. The van der Waals surface area contributed by atoms with Crippen LogP contribution in [0.3, 0.4) is 0 Å².